The highest BCUT2D eigenvalue weighted by molar-refractivity contribution is 5.94. The number of piperidine rings is 1. The second-order valence-electron chi connectivity index (χ2n) is 6.42. The van der Waals surface area contributed by atoms with Crippen LogP contribution in [-0.2, 0) is 11.0 Å². The molecule has 1 aromatic rings. The highest BCUT2D eigenvalue weighted by atomic mass is 19.4. The number of nitrogens with zero attached hydrogens (tertiary/aromatic N) is 1. The van der Waals surface area contributed by atoms with E-state index in [-0.39, 0.29) is 29.3 Å². The molecule has 4 nitrogen and oxygen atoms in total. The number of benzene rings is 1. The van der Waals surface area contributed by atoms with Gasteiger partial charge < -0.3 is 10.2 Å². The summed E-state index contributed by atoms with van der Waals surface area (Å²) < 4.78 is 37.7. The number of carbonyl (C=O) groups excluding carboxylic acids is 2. The normalized spacial score (nSPS) is 19.2. The molecule has 2 aliphatic rings. The van der Waals surface area contributed by atoms with Crippen LogP contribution >= 0.6 is 0 Å². The Labute approximate surface area is 138 Å². The highest BCUT2D eigenvalue weighted by Crippen LogP contribution is 2.30. The lowest BCUT2D eigenvalue weighted by atomic mass is 10.0. The molecule has 1 saturated carbocycles. The first-order valence-electron chi connectivity index (χ1n) is 8.11. The van der Waals surface area contributed by atoms with Gasteiger partial charge in [0.15, 0.2) is 0 Å². The summed E-state index contributed by atoms with van der Waals surface area (Å²) in [6.45, 7) is 0.991. The summed E-state index contributed by atoms with van der Waals surface area (Å²) in [4.78, 5) is 25.7. The number of nitrogens with one attached hydrogen (secondary N) is 1. The number of amides is 2. The third-order valence-corrected chi connectivity index (χ3v) is 4.54. The Morgan fingerprint density at radius 3 is 2.08 bits per heavy atom. The van der Waals surface area contributed by atoms with Gasteiger partial charge in [-0.3, -0.25) is 9.59 Å². The minimum absolute atomic E-state index is 0.0785. The van der Waals surface area contributed by atoms with Gasteiger partial charge in [0.25, 0.3) is 5.91 Å². The van der Waals surface area contributed by atoms with E-state index in [1.807, 2.05) is 0 Å². The Balaban J connectivity index is 1.53. The molecule has 7 heteroatoms. The van der Waals surface area contributed by atoms with Crippen molar-refractivity contribution in [1.29, 1.82) is 0 Å². The summed E-state index contributed by atoms with van der Waals surface area (Å²) in [6, 6.07) is 4.36. The molecule has 1 N–H and O–H groups in total. The van der Waals surface area contributed by atoms with Gasteiger partial charge in [0.1, 0.15) is 0 Å². The lowest BCUT2D eigenvalue weighted by molar-refractivity contribution is -0.137. The van der Waals surface area contributed by atoms with E-state index in [1.54, 1.807) is 4.90 Å². The van der Waals surface area contributed by atoms with Gasteiger partial charge in [0.2, 0.25) is 5.91 Å². The van der Waals surface area contributed by atoms with Gasteiger partial charge in [0.05, 0.1) is 5.56 Å². The van der Waals surface area contributed by atoms with Crippen LogP contribution in [0.5, 0.6) is 0 Å². The van der Waals surface area contributed by atoms with Crippen molar-refractivity contribution in [2.24, 2.45) is 5.92 Å². The molecular weight excluding hydrogens is 321 g/mol. The zero-order valence-corrected chi connectivity index (χ0v) is 13.1. The molecule has 130 valence electrons. The van der Waals surface area contributed by atoms with E-state index in [0.29, 0.717) is 25.9 Å². The van der Waals surface area contributed by atoms with Gasteiger partial charge in [-0.1, -0.05) is 0 Å². The standard InChI is InChI=1S/C17H19F3N2O2/c18-17(19,20)13-5-3-12(4-6-13)16(24)22-9-7-14(8-10-22)21-15(23)11-1-2-11/h3-6,11,14H,1-2,7-10H2,(H,21,23). The van der Waals surface area contributed by atoms with Crippen LogP contribution in [0.1, 0.15) is 41.6 Å². The monoisotopic (exact) mass is 340 g/mol. The Kier molecular flexibility index (Phi) is 4.51. The number of hydrogen-bond acceptors (Lipinski definition) is 2. The number of halogens is 3. The Hall–Kier alpha value is -2.05. The van der Waals surface area contributed by atoms with Crippen molar-refractivity contribution in [2.75, 3.05) is 13.1 Å². The lowest BCUT2D eigenvalue weighted by Crippen LogP contribution is -2.46. The van der Waals surface area contributed by atoms with Gasteiger partial charge in [-0.2, -0.15) is 13.2 Å². The summed E-state index contributed by atoms with van der Waals surface area (Å²) in [5.41, 5.74) is -0.510. The fraction of sp³-hybridized carbons (Fsp3) is 0.529. The molecule has 0 radical (unpaired) electrons. The molecule has 2 amide bonds. The van der Waals surface area contributed by atoms with E-state index < -0.39 is 11.7 Å². The molecule has 3 rings (SSSR count). The van der Waals surface area contributed by atoms with Gasteiger partial charge in [-0.25, -0.2) is 0 Å². The smallest absolute Gasteiger partial charge is 0.353 e. The predicted molar refractivity (Wildman–Crippen MR) is 81.2 cm³/mol. The number of rotatable bonds is 3. The summed E-state index contributed by atoms with van der Waals surface area (Å²) >= 11 is 0. The minimum Gasteiger partial charge on any atom is -0.353 e. The van der Waals surface area contributed by atoms with E-state index >= 15 is 0 Å². The fourth-order valence-electron chi connectivity index (χ4n) is 2.88. The van der Waals surface area contributed by atoms with E-state index in [9.17, 15) is 22.8 Å². The van der Waals surface area contributed by atoms with Crippen molar-refractivity contribution < 1.29 is 22.8 Å². The summed E-state index contributed by atoms with van der Waals surface area (Å²) in [6.07, 6.45) is -1.15. The van der Waals surface area contributed by atoms with Gasteiger partial charge in [0, 0.05) is 30.6 Å². The molecule has 1 heterocycles. The van der Waals surface area contributed by atoms with Crippen LogP contribution < -0.4 is 5.32 Å². The number of hydrogen-bond donors (Lipinski definition) is 1. The molecule has 1 saturated heterocycles. The Morgan fingerprint density at radius 2 is 1.58 bits per heavy atom. The first-order valence-corrected chi connectivity index (χ1v) is 8.11. The molecule has 1 aliphatic heterocycles. The van der Waals surface area contributed by atoms with Crippen LogP contribution in [0.15, 0.2) is 24.3 Å². The zero-order chi connectivity index (χ0) is 17.3. The quantitative estimate of drug-likeness (QED) is 0.920. The summed E-state index contributed by atoms with van der Waals surface area (Å²) in [5.74, 6) is -0.00461. The predicted octanol–water partition coefficient (Wildman–Crippen LogP) is 2.84. The maximum absolute atomic E-state index is 12.6. The second-order valence-corrected chi connectivity index (χ2v) is 6.42. The minimum atomic E-state index is -4.40. The van der Waals surface area contributed by atoms with Crippen LogP contribution in [0, 0.1) is 5.92 Å². The third kappa shape index (κ3) is 3.88. The van der Waals surface area contributed by atoms with Crippen molar-refractivity contribution in [2.45, 2.75) is 37.9 Å². The molecule has 1 aromatic carbocycles. The Bertz CT molecular complexity index is 616. The van der Waals surface area contributed by atoms with E-state index in [4.69, 9.17) is 0 Å². The van der Waals surface area contributed by atoms with Crippen LogP contribution in [0.4, 0.5) is 13.2 Å². The van der Waals surface area contributed by atoms with Crippen molar-refractivity contribution in [1.82, 2.24) is 10.2 Å². The third-order valence-electron chi connectivity index (χ3n) is 4.54. The maximum Gasteiger partial charge on any atom is 0.416 e. The van der Waals surface area contributed by atoms with E-state index in [0.717, 1.165) is 25.0 Å². The molecule has 0 aromatic heterocycles. The van der Waals surface area contributed by atoms with Crippen molar-refractivity contribution >= 4 is 11.8 Å². The number of likely N-dealkylation sites (tertiary alicyclic amines) is 1. The van der Waals surface area contributed by atoms with Crippen LogP contribution in [0.25, 0.3) is 0 Å². The molecule has 1 aliphatic carbocycles. The number of alkyl halides is 3. The topological polar surface area (TPSA) is 49.4 Å². The Morgan fingerprint density at radius 1 is 1.00 bits per heavy atom. The molecule has 0 atom stereocenters. The largest absolute Gasteiger partial charge is 0.416 e. The maximum atomic E-state index is 12.6. The van der Waals surface area contributed by atoms with Crippen molar-refractivity contribution in [3.8, 4) is 0 Å². The molecular formula is C17H19F3N2O2. The molecule has 2 fully saturated rings. The number of carbonyl (C=O) groups is 2. The first-order chi connectivity index (χ1) is 11.3. The average Bonchev–Trinajstić information content (AvgIpc) is 3.39. The second kappa shape index (κ2) is 6.45. The highest BCUT2D eigenvalue weighted by Gasteiger charge is 2.33. The lowest BCUT2D eigenvalue weighted by Gasteiger charge is -2.32. The summed E-state index contributed by atoms with van der Waals surface area (Å²) in [7, 11) is 0. The molecule has 24 heavy (non-hydrogen) atoms. The van der Waals surface area contributed by atoms with Gasteiger partial charge in [-0.15, -0.1) is 0 Å². The molecule has 0 spiro atoms. The fourth-order valence-corrected chi connectivity index (χ4v) is 2.88. The summed E-state index contributed by atoms with van der Waals surface area (Å²) in [5, 5.41) is 3.00. The van der Waals surface area contributed by atoms with Crippen LogP contribution in [0.3, 0.4) is 0 Å². The SMILES string of the molecule is O=C(NC1CCN(C(=O)c2ccc(C(F)(F)F)cc2)CC1)C1CC1. The first kappa shape index (κ1) is 16.8. The van der Waals surface area contributed by atoms with E-state index in [1.165, 1.54) is 12.1 Å². The molecule has 0 unspecified atom stereocenters. The average molecular weight is 340 g/mol. The van der Waals surface area contributed by atoms with Crippen LogP contribution in [0.2, 0.25) is 0 Å². The molecule has 0 bridgehead atoms. The van der Waals surface area contributed by atoms with E-state index in [2.05, 4.69) is 5.32 Å². The van der Waals surface area contributed by atoms with Crippen molar-refractivity contribution in [3.05, 3.63) is 35.4 Å². The van der Waals surface area contributed by atoms with Crippen LogP contribution in [-0.4, -0.2) is 35.8 Å². The van der Waals surface area contributed by atoms with Gasteiger partial charge in [-0.05, 0) is 49.9 Å². The zero-order valence-electron chi connectivity index (χ0n) is 13.1. The van der Waals surface area contributed by atoms with Gasteiger partial charge >= 0.3 is 6.18 Å². The van der Waals surface area contributed by atoms with Crippen molar-refractivity contribution in [3.63, 3.8) is 0 Å².